The zero-order valence-corrected chi connectivity index (χ0v) is 16.9. The number of carbonyl (C=O) groups excluding carboxylic acids is 1. The highest BCUT2D eigenvalue weighted by Crippen LogP contribution is 2.44. The van der Waals surface area contributed by atoms with Crippen LogP contribution >= 0.6 is 0 Å². The van der Waals surface area contributed by atoms with Crippen molar-refractivity contribution in [1.82, 2.24) is 5.32 Å². The van der Waals surface area contributed by atoms with Gasteiger partial charge >= 0.3 is 12.4 Å². The molecule has 176 valence electrons. The number of halogens is 6. The van der Waals surface area contributed by atoms with E-state index in [2.05, 4.69) is 5.32 Å². The molecule has 1 aliphatic heterocycles. The second-order valence-electron chi connectivity index (χ2n) is 8.49. The quantitative estimate of drug-likeness (QED) is 0.636. The van der Waals surface area contributed by atoms with Gasteiger partial charge in [0.25, 0.3) is 5.91 Å². The molecule has 0 atom stereocenters. The van der Waals surface area contributed by atoms with E-state index in [1.807, 2.05) is 0 Å². The van der Waals surface area contributed by atoms with Gasteiger partial charge in [-0.2, -0.15) is 26.3 Å². The number of fused-ring (bicyclic) bond motifs is 3. The molecular formula is C21H22F6N2O3. The molecule has 0 saturated heterocycles. The second kappa shape index (κ2) is 7.86. The molecule has 5 nitrogen and oxygen atoms in total. The summed E-state index contributed by atoms with van der Waals surface area (Å²) in [6.45, 7) is 0.909. The van der Waals surface area contributed by atoms with Crippen molar-refractivity contribution in [2.24, 2.45) is 5.92 Å². The topological polar surface area (TPSA) is 65.7 Å². The van der Waals surface area contributed by atoms with E-state index in [9.17, 15) is 36.2 Å². The fourth-order valence-corrected chi connectivity index (χ4v) is 4.51. The Labute approximate surface area is 179 Å². The molecular weight excluding hydrogens is 442 g/mol. The van der Waals surface area contributed by atoms with Crippen LogP contribution in [0.2, 0.25) is 0 Å². The van der Waals surface area contributed by atoms with E-state index < -0.39 is 29.4 Å². The zero-order chi connectivity index (χ0) is 23.3. The van der Waals surface area contributed by atoms with E-state index in [0.29, 0.717) is 19.5 Å². The molecule has 32 heavy (non-hydrogen) atoms. The number of hydrogen-bond donors (Lipinski definition) is 2. The molecule has 11 heteroatoms. The lowest BCUT2D eigenvalue weighted by Gasteiger charge is -2.37. The molecule has 2 N–H and O–H groups in total. The Bertz CT molecular complexity index is 1010. The number of anilines is 1. The number of furan rings is 1. The number of hydrogen-bond acceptors (Lipinski definition) is 4. The second-order valence-corrected chi connectivity index (χ2v) is 8.49. The SMILES string of the molecule is O=C1NCCN(CC[C@H]2CC[C@@](O)(C(F)(F)F)CC2)c2c1oc1ccc(C(F)(F)F)cc21. The van der Waals surface area contributed by atoms with Gasteiger partial charge in [0, 0.05) is 25.0 Å². The first-order valence-electron chi connectivity index (χ1n) is 10.3. The van der Waals surface area contributed by atoms with Crippen LogP contribution in [0.25, 0.3) is 11.0 Å². The van der Waals surface area contributed by atoms with Crippen LogP contribution in [0.1, 0.15) is 48.2 Å². The van der Waals surface area contributed by atoms with Gasteiger partial charge in [0.15, 0.2) is 5.60 Å². The summed E-state index contributed by atoms with van der Waals surface area (Å²) in [6.07, 6.45) is -9.13. The van der Waals surface area contributed by atoms with Gasteiger partial charge in [-0.1, -0.05) is 0 Å². The van der Waals surface area contributed by atoms with Crippen molar-refractivity contribution in [1.29, 1.82) is 0 Å². The summed E-state index contributed by atoms with van der Waals surface area (Å²) in [5.74, 6) is -0.677. The van der Waals surface area contributed by atoms with Crippen molar-refractivity contribution in [2.45, 2.75) is 50.1 Å². The van der Waals surface area contributed by atoms with Crippen LogP contribution in [-0.4, -0.2) is 42.4 Å². The normalized spacial score (nSPS) is 24.9. The fraction of sp³-hybridized carbons (Fsp3) is 0.571. The van der Waals surface area contributed by atoms with Gasteiger partial charge in [-0.3, -0.25) is 4.79 Å². The molecule has 1 aromatic carbocycles. The summed E-state index contributed by atoms with van der Waals surface area (Å²) < 4.78 is 84.3. The molecule has 1 fully saturated rings. The summed E-state index contributed by atoms with van der Waals surface area (Å²) in [6, 6.07) is 3.02. The minimum absolute atomic E-state index is 0.0723. The van der Waals surface area contributed by atoms with E-state index in [0.717, 1.165) is 12.1 Å². The predicted molar refractivity (Wildman–Crippen MR) is 103 cm³/mol. The Balaban J connectivity index is 1.56. The number of amides is 1. The number of rotatable bonds is 3. The Kier molecular flexibility index (Phi) is 5.59. The third-order valence-corrected chi connectivity index (χ3v) is 6.45. The number of nitrogens with zero attached hydrogens (tertiary/aromatic N) is 1. The number of aliphatic hydroxyl groups is 1. The van der Waals surface area contributed by atoms with Gasteiger partial charge in [0.05, 0.1) is 11.3 Å². The van der Waals surface area contributed by atoms with Crippen molar-refractivity contribution in [3.63, 3.8) is 0 Å². The molecule has 0 unspecified atom stereocenters. The molecule has 1 aromatic heterocycles. The molecule has 2 heterocycles. The first-order valence-corrected chi connectivity index (χ1v) is 10.3. The van der Waals surface area contributed by atoms with Crippen LogP contribution in [0.4, 0.5) is 32.0 Å². The van der Waals surface area contributed by atoms with Crippen molar-refractivity contribution >= 4 is 22.6 Å². The standard InChI is InChI=1S/C21H22F6N2O3/c22-20(23,24)13-1-2-15-14(11-13)16-17(32-15)18(30)28-8-10-29(16)9-5-12-3-6-19(31,7-4-12)21(25,26)27/h1-2,11-12,31H,3-10H2,(H,28,30)/t12-,19-. The maximum absolute atomic E-state index is 13.2. The summed E-state index contributed by atoms with van der Waals surface area (Å²) in [5, 5.41) is 12.7. The highest BCUT2D eigenvalue weighted by Gasteiger charge is 2.54. The summed E-state index contributed by atoms with van der Waals surface area (Å²) in [7, 11) is 0. The Morgan fingerprint density at radius 1 is 1.16 bits per heavy atom. The molecule has 4 rings (SSSR count). The Morgan fingerprint density at radius 2 is 1.84 bits per heavy atom. The number of benzene rings is 1. The van der Waals surface area contributed by atoms with Crippen molar-refractivity contribution in [3.8, 4) is 0 Å². The predicted octanol–water partition coefficient (Wildman–Crippen LogP) is 4.88. The van der Waals surface area contributed by atoms with Crippen LogP contribution in [-0.2, 0) is 6.18 Å². The van der Waals surface area contributed by atoms with Crippen LogP contribution in [0.15, 0.2) is 22.6 Å². The van der Waals surface area contributed by atoms with E-state index in [-0.39, 0.29) is 60.6 Å². The van der Waals surface area contributed by atoms with Crippen LogP contribution in [0.5, 0.6) is 0 Å². The van der Waals surface area contributed by atoms with Crippen LogP contribution in [0, 0.1) is 5.92 Å². The van der Waals surface area contributed by atoms with Gasteiger partial charge < -0.3 is 19.7 Å². The Hall–Kier alpha value is -2.43. The van der Waals surface area contributed by atoms with E-state index >= 15 is 0 Å². The highest BCUT2D eigenvalue weighted by molar-refractivity contribution is 6.07. The lowest BCUT2D eigenvalue weighted by Crippen LogP contribution is -2.48. The van der Waals surface area contributed by atoms with Gasteiger partial charge in [0.2, 0.25) is 5.76 Å². The zero-order valence-electron chi connectivity index (χ0n) is 16.9. The van der Waals surface area contributed by atoms with E-state index in [1.54, 1.807) is 4.90 Å². The average molecular weight is 464 g/mol. The molecule has 0 bridgehead atoms. The summed E-state index contributed by atoms with van der Waals surface area (Å²) in [5.41, 5.74) is -3.11. The Morgan fingerprint density at radius 3 is 2.47 bits per heavy atom. The molecule has 2 aromatic rings. The molecule has 1 aliphatic carbocycles. The molecule has 1 saturated carbocycles. The van der Waals surface area contributed by atoms with Crippen molar-refractivity contribution in [3.05, 3.63) is 29.5 Å². The van der Waals surface area contributed by atoms with Gasteiger partial charge in [-0.15, -0.1) is 0 Å². The summed E-state index contributed by atoms with van der Waals surface area (Å²) in [4.78, 5) is 14.1. The van der Waals surface area contributed by atoms with E-state index in [4.69, 9.17) is 4.42 Å². The minimum Gasteiger partial charge on any atom is -0.449 e. The monoisotopic (exact) mass is 464 g/mol. The first kappa shape index (κ1) is 22.8. The van der Waals surface area contributed by atoms with Gasteiger partial charge in [-0.25, -0.2) is 0 Å². The molecule has 1 amide bonds. The molecule has 2 aliphatic rings. The fourth-order valence-electron chi connectivity index (χ4n) is 4.51. The van der Waals surface area contributed by atoms with Crippen molar-refractivity contribution in [2.75, 3.05) is 24.5 Å². The summed E-state index contributed by atoms with van der Waals surface area (Å²) >= 11 is 0. The average Bonchev–Trinajstić information content (AvgIpc) is 3.01. The smallest absolute Gasteiger partial charge is 0.417 e. The van der Waals surface area contributed by atoms with Crippen molar-refractivity contribution < 1.29 is 40.7 Å². The molecule has 0 radical (unpaired) electrons. The number of carbonyl (C=O) groups is 1. The highest BCUT2D eigenvalue weighted by atomic mass is 19.4. The minimum atomic E-state index is -4.67. The number of alkyl halides is 6. The van der Waals surface area contributed by atoms with Gasteiger partial charge in [0.1, 0.15) is 5.58 Å². The van der Waals surface area contributed by atoms with Crippen LogP contribution < -0.4 is 10.2 Å². The van der Waals surface area contributed by atoms with E-state index in [1.165, 1.54) is 6.07 Å². The van der Waals surface area contributed by atoms with Crippen LogP contribution in [0.3, 0.4) is 0 Å². The van der Waals surface area contributed by atoms with Gasteiger partial charge in [-0.05, 0) is 56.2 Å². The maximum atomic E-state index is 13.2. The maximum Gasteiger partial charge on any atom is 0.417 e. The number of nitrogens with one attached hydrogen (secondary N) is 1. The largest absolute Gasteiger partial charge is 0.449 e. The first-order chi connectivity index (χ1) is 14.9. The third-order valence-electron chi connectivity index (χ3n) is 6.45. The molecule has 0 spiro atoms. The lowest BCUT2D eigenvalue weighted by atomic mass is 9.77. The lowest BCUT2D eigenvalue weighted by molar-refractivity contribution is -0.272. The third kappa shape index (κ3) is 4.14.